The smallest absolute Gasteiger partial charge is 0.190 e. The van der Waals surface area contributed by atoms with Gasteiger partial charge >= 0.3 is 0 Å². The van der Waals surface area contributed by atoms with E-state index in [1.807, 2.05) is 18.5 Å². The first-order chi connectivity index (χ1) is 5.75. The fraction of sp³-hybridized carbons (Fsp3) is 0.571. The van der Waals surface area contributed by atoms with Crippen molar-refractivity contribution in [2.45, 2.75) is 18.5 Å². The van der Waals surface area contributed by atoms with Crippen molar-refractivity contribution < 1.29 is 0 Å². The highest BCUT2D eigenvalue weighted by Crippen LogP contribution is 2.15. The van der Waals surface area contributed by atoms with Crippen LogP contribution in [0.1, 0.15) is 12.2 Å². The Hall–Kier alpha value is -1.02. The summed E-state index contributed by atoms with van der Waals surface area (Å²) in [6.07, 6.45) is 0.552. The fourth-order valence-electron chi connectivity index (χ4n) is 0.701. The van der Waals surface area contributed by atoms with E-state index in [9.17, 15) is 0 Å². The molecule has 12 heavy (non-hydrogen) atoms. The Kier molecular flexibility index (Phi) is 3.11. The zero-order chi connectivity index (χ0) is 8.97. The number of hydrogen-bond acceptors (Lipinski definition) is 4. The lowest BCUT2D eigenvalue weighted by atomic mass is 10.6. The van der Waals surface area contributed by atoms with Gasteiger partial charge in [0.15, 0.2) is 5.16 Å². The standard InChI is InChI=1S/C7H10N4S/c1-6-9-10-7(11(6)2)12-5-3-4-8/h3,5H2,1-2H3. The first-order valence-electron chi connectivity index (χ1n) is 3.61. The molecule has 0 radical (unpaired) electrons. The molecule has 0 amide bonds. The van der Waals surface area contributed by atoms with Crippen LogP contribution in [0.5, 0.6) is 0 Å². The van der Waals surface area contributed by atoms with Crippen LogP contribution in [0.15, 0.2) is 5.16 Å². The fourth-order valence-corrected chi connectivity index (χ4v) is 1.50. The third-order valence-corrected chi connectivity index (χ3v) is 2.52. The number of nitriles is 1. The highest BCUT2D eigenvalue weighted by atomic mass is 32.2. The lowest BCUT2D eigenvalue weighted by molar-refractivity contribution is 0.765. The van der Waals surface area contributed by atoms with E-state index < -0.39 is 0 Å². The van der Waals surface area contributed by atoms with Gasteiger partial charge in [0.05, 0.1) is 6.07 Å². The largest absolute Gasteiger partial charge is 0.309 e. The Labute approximate surface area is 75.6 Å². The Balaban J connectivity index is 2.53. The van der Waals surface area contributed by atoms with E-state index in [-0.39, 0.29) is 0 Å². The molecule has 1 aromatic heterocycles. The van der Waals surface area contributed by atoms with E-state index in [0.29, 0.717) is 6.42 Å². The second-order valence-electron chi connectivity index (χ2n) is 2.35. The van der Waals surface area contributed by atoms with Crippen LogP contribution in [0.4, 0.5) is 0 Å². The maximum atomic E-state index is 8.31. The quantitative estimate of drug-likeness (QED) is 0.519. The minimum absolute atomic E-state index is 0.552. The predicted molar refractivity (Wildman–Crippen MR) is 46.7 cm³/mol. The normalized spacial score (nSPS) is 9.75. The maximum Gasteiger partial charge on any atom is 0.190 e. The van der Waals surface area contributed by atoms with E-state index in [0.717, 1.165) is 16.7 Å². The van der Waals surface area contributed by atoms with Crippen LogP contribution >= 0.6 is 11.8 Å². The molecular weight excluding hydrogens is 172 g/mol. The van der Waals surface area contributed by atoms with Crippen molar-refractivity contribution in [2.75, 3.05) is 5.75 Å². The molecule has 0 aliphatic rings. The average molecular weight is 182 g/mol. The van der Waals surface area contributed by atoms with Gasteiger partial charge in [0.2, 0.25) is 0 Å². The van der Waals surface area contributed by atoms with Gasteiger partial charge in [0.25, 0.3) is 0 Å². The summed E-state index contributed by atoms with van der Waals surface area (Å²) in [5.41, 5.74) is 0. The summed E-state index contributed by atoms with van der Waals surface area (Å²) in [6.45, 7) is 1.90. The third-order valence-electron chi connectivity index (χ3n) is 1.50. The van der Waals surface area contributed by atoms with Crippen molar-refractivity contribution in [3.05, 3.63) is 5.82 Å². The molecule has 4 nitrogen and oxygen atoms in total. The summed E-state index contributed by atoms with van der Waals surface area (Å²) in [4.78, 5) is 0. The summed E-state index contributed by atoms with van der Waals surface area (Å²) < 4.78 is 1.92. The van der Waals surface area contributed by atoms with Gasteiger partial charge in [0.1, 0.15) is 5.82 Å². The molecule has 1 aromatic rings. The molecule has 0 bridgehead atoms. The van der Waals surface area contributed by atoms with Crippen molar-refractivity contribution in [1.82, 2.24) is 14.8 Å². The predicted octanol–water partition coefficient (Wildman–Crippen LogP) is 1.13. The monoisotopic (exact) mass is 182 g/mol. The van der Waals surface area contributed by atoms with Gasteiger partial charge in [0, 0.05) is 19.2 Å². The number of rotatable bonds is 3. The number of aromatic nitrogens is 3. The van der Waals surface area contributed by atoms with Crippen LogP contribution < -0.4 is 0 Å². The Morgan fingerprint density at radius 3 is 2.83 bits per heavy atom. The van der Waals surface area contributed by atoms with Gasteiger partial charge in [-0.15, -0.1) is 10.2 Å². The molecule has 0 aromatic carbocycles. The van der Waals surface area contributed by atoms with E-state index in [1.165, 1.54) is 0 Å². The molecular formula is C7H10N4S. The van der Waals surface area contributed by atoms with Crippen molar-refractivity contribution in [3.8, 4) is 6.07 Å². The molecule has 1 heterocycles. The molecule has 0 spiro atoms. The molecule has 0 aliphatic heterocycles. The second kappa shape index (κ2) is 4.12. The van der Waals surface area contributed by atoms with E-state index >= 15 is 0 Å². The van der Waals surface area contributed by atoms with Crippen LogP contribution in [0.3, 0.4) is 0 Å². The zero-order valence-electron chi connectivity index (χ0n) is 7.11. The van der Waals surface area contributed by atoms with Crippen molar-refractivity contribution >= 4 is 11.8 Å². The number of nitrogens with zero attached hydrogens (tertiary/aromatic N) is 4. The number of hydrogen-bond donors (Lipinski definition) is 0. The molecule has 0 aliphatic carbocycles. The summed E-state index contributed by atoms with van der Waals surface area (Å²) in [5.74, 6) is 1.68. The molecule has 0 atom stereocenters. The zero-order valence-corrected chi connectivity index (χ0v) is 7.93. The minimum Gasteiger partial charge on any atom is -0.309 e. The number of thioether (sulfide) groups is 1. The van der Waals surface area contributed by atoms with Gasteiger partial charge in [-0.3, -0.25) is 0 Å². The van der Waals surface area contributed by atoms with Crippen molar-refractivity contribution in [2.24, 2.45) is 7.05 Å². The Bertz CT molecular complexity index is 299. The molecule has 5 heteroatoms. The molecule has 0 saturated carbocycles. The molecule has 0 fully saturated rings. The van der Waals surface area contributed by atoms with Gasteiger partial charge in [-0.05, 0) is 6.92 Å². The van der Waals surface area contributed by atoms with Crippen molar-refractivity contribution in [3.63, 3.8) is 0 Å². The molecule has 64 valence electrons. The molecule has 0 N–H and O–H groups in total. The van der Waals surface area contributed by atoms with Crippen LogP contribution in [0.25, 0.3) is 0 Å². The SMILES string of the molecule is Cc1nnc(SCCC#N)n1C. The Morgan fingerprint density at radius 1 is 1.58 bits per heavy atom. The summed E-state index contributed by atoms with van der Waals surface area (Å²) in [7, 11) is 1.92. The second-order valence-corrected chi connectivity index (χ2v) is 3.41. The first-order valence-corrected chi connectivity index (χ1v) is 4.60. The lowest BCUT2D eigenvalue weighted by Crippen LogP contribution is -1.93. The van der Waals surface area contributed by atoms with Crippen LogP contribution in [-0.4, -0.2) is 20.5 Å². The third kappa shape index (κ3) is 1.98. The average Bonchev–Trinajstić information content (AvgIpc) is 2.36. The molecule has 1 rings (SSSR count). The summed E-state index contributed by atoms with van der Waals surface area (Å²) in [5, 5.41) is 17.0. The maximum absolute atomic E-state index is 8.31. The van der Waals surface area contributed by atoms with E-state index in [4.69, 9.17) is 5.26 Å². The van der Waals surface area contributed by atoms with Gasteiger partial charge in [-0.25, -0.2) is 0 Å². The summed E-state index contributed by atoms with van der Waals surface area (Å²) >= 11 is 1.56. The van der Waals surface area contributed by atoms with Gasteiger partial charge in [-0.1, -0.05) is 11.8 Å². The molecule has 0 saturated heterocycles. The Morgan fingerprint density at radius 2 is 2.33 bits per heavy atom. The van der Waals surface area contributed by atoms with E-state index in [2.05, 4.69) is 16.3 Å². The van der Waals surface area contributed by atoms with E-state index in [1.54, 1.807) is 11.8 Å². The van der Waals surface area contributed by atoms with Crippen molar-refractivity contribution in [1.29, 1.82) is 5.26 Å². The van der Waals surface area contributed by atoms with Gasteiger partial charge in [-0.2, -0.15) is 5.26 Å². The minimum atomic E-state index is 0.552. The van der Waals surface area contributed by atoms with Crippen LogP contribution in [0, 0.1) is 18.3 Å². The number of aryl methyl sites for hydroxylation is 1. The topological polar surface area (TPSA) is 54.5 Å². The van der Waals surface area contributed by atoms with Gasteiger partial charge < -0.3 is 4.57 Å². The summed E-state index contributed by atoms with van der Waals surface area (Å²) in [6, 6.07) is 2.09. The first kappa shape index (κ1) is 9.07. The highest BCUT2D eigenvalue weighted by molar-refractivity contribution is 7.99. The van der Waals surface area contributed by atoms with Crippen LogP contribution in [0.2, 0.25) is 0 Å². The highest BCUT2D eigenvalue weighted by Gasteiger charge is 2.03. The van der Waals surface area contributed by atoms with Crippen LogP contribution in [-0.2, 0) is 7.05 Å². The lowest BCUT2D eigenvalue weighted by Gasteiger charge is -1.97. The molecule has 0 unspecified atom stereocenters.